The summed E-state index contributed by atoms with van der Waals surface area (Å²) in [4.78, 5) is 10.9. The van der Waals surface area contributed by atoms with Crippen LogP contribution in [0, 0.1) is 11.3 Å². The van der Waals surface area contributed by atoms with Gasteiger partial charge in [0.15, 0.2) is 5.65 Å². The van der Waals surface area contributed by atoms with Crippen molar-refractivity contribution < 1.29 is 4.74 Å². The minimum absolute atomic E-state index is 0.420. The highest BCUT2D eigenvalue weighted by molar-refractivity contribution is 5.87. The summed E-state index contributed by atoms with van der Waals surface area (Å²) in [7, 11) is 1.65. The molecule has 0 saturated carbocycles. The number of rotatable bonds is 8. The van der Waals surface area contributed by atoms with Gasteiger partial charge in [0, 0.05) is 26.7 Å². The van der Waals surface area contributed by atoms with Gasteiger partial charge in [0.1, 0.15) is 5.82 Å². The van der Waals surface area contributed by atoms with E-state index in [-0.39, 0.29) is 0 Å². The molecule has 8 heteroatoms. The lowest BCUT2D eigenvalue weighted by atomic mass is 10.3. The zero-order valence-electron chi connectivity index (χ0n) is 12.3. The van der Waals surface area contributed by atoms with E-state index < -0.39 is 0 Å². The molecule has 0 bridgehead atoms. The highest BCUT2D eigenvalue weighted by Gasteiger charge is 2.15. The normalized spacial score (nSPS) is 10.5. The van der Waals surface area contributed by atoms with Crippen molar-refractivity contribution in [2.45, 2.75) is 13.3 Å². The maximum Gasteiger partial charge on any atom is 0.226 e. The zero-order valence-corrected chi connectivity index (χ0v) is 12.3. The van der Waals surface area contributed by atoms with Crippen LogP contribution >= 0.6 is 0 Å². The fourth-order valence-electron chi connectivity index (χ4n) is 2.01. The minimum atomic E-state index is 0.420. The van der Waals surface area contributed by atoms with Gasteiger partial charge in [-0.25, -0.2) is 0 Å². The van der Waals surface area contributed by atoms with Crippen LogP contribution in [-0.4, -0.2) is 53.5 Å². The number of ether oxygens (including phenoxy) is 1. The second-order valence-electron chi connectivity index (χ2n) is 4.42. The average molecular weight is 289 g/mol. The van der Waals surface area contributed by atoms with Crippen molar-refractivity contribution in [2.24, 2.45) is 0 Å². The van der Waals surface area contributed by atoms with Crippen LogP contribution in [0.15, 0.2) is 6.20 Å². The molecular formula is C13H19N7O. The van der Waals surface area contributed by atoms with Crippen molar-refractivity contribution in [3.8, 4) is 6.07 Å². The molecule has 0 atom stereocenters. The molecule has 0 unspecified atom stereocenters. The molecule has 0 aliphatic heterocycles. The third-order valence-corrected chi connectivity index (χ3v) is 2.98. The minimum Gasteiger partial charge on any atom is -0.383 e. The van der Waals surface area contributed by atoms with Crippen molar-refractivity contribution in [2.75, 3.05) is 43.6 Å². The van der Waals surface area contributed by atoms with Gasteiger partial charge in [0.05, 0.1) is 30.7 Å². The molecule has 0 radical (unpaired) electrons. The standard InChI is InChI=1S/C13H19N7O/c1-3-15-13-17-11-10(9-16-19-11)12(18-13)20(6-4-5-14)7-8-21-2/h9H,3-4,6-8H2,1-2H3,(H2,15,16,17,18,19). The number of nitrogens with one attached hydrogen (secondary N) is 2. The summed E-state index contributed by atoms with van der Waals surface area (Å²) in [5.41, 5.74) is 0.676. The van der Waals surface area contributed by atoms with E-state index in [9.17, 15) is 0 Å². The van der Waals surface area contributed by atoms with Crippen molar-refractivity contribution in [3.05, 3.63) is 6.20 Å². The van der Waals surface area contributed by atoms with Crippen molar-refractivity contribution >= 4 is 22.8 Å². The summed E-state index contributed by atoms with van der Waals surface area (Å²) in [5.74, 6) is 1.31. The molecule has 21 heavy (non-hydrogen) atoms. The first-order chi connectivity index (χ1) is 10.3. The SMILES string of the molecule is CCNc1nc(N(CCC#N)CCOC)c2cn[nH]c2n1. The molecule has 0 amide bonds. The number of aromatic nitrogens is 4. The third kappa shape index (κ3) is 3.58. The van der Waals surface area contributed by atoms with Crippen LogP contribution in [0.1, 0.15) is 13.3 Å². The molecule has 0 saturated heterocycles. The van der Waals surface area contributed by atoms with E-state index in [0.717, 1.165) is 17.7 Å². The van der Waals surface area contributed by atoms with E-state index in [2.05, 4.69) is 31.6 Å². The fraction of sp³-hybridized carbons (Fsp3) is 0.538. The summed E-state index contributed by atoms with van der Waals surface area (Å²) in [6.07, 6.45) is 2.12. The number of nitriles is 1. The molecule has 0 spiro atoms. The number of nitrogens with zero attached hydrogens (tertiary/aromatic N) is 5. The molecule has 2 N–H and O–H groups in total. The Labute approximate surface area is 123 Å². The summed E-state index contributed by atoms with van der Waals surface area (Å²) in [6, 6.07) is 2.16. The number of fused-ring (bicyclic) bond motifs is 1. The number of hydrogen-bond donors (Lipinski definition) is 2. The van der Waals surface area contributed by atoms with Gasteiger partial charge in [0.25, 0.3) is 0 Å². The van der Waals surface area contributed by atoms with Gasteiger partial charge in [-0.15, -0.1) is 0 Å². The van der Waals surface area contributed by atoms with Crippen LogP contribution < -0.4 is 10.2 Å². The van der Waals surface area contributed by atoms with Gasteiger partial charge in [-0.3, -0.25) is 5.10 Å². The lowest BCUT2D eigenvalue weighted by Crippen LogP contribution is -2.29. The first kappa shape index (κ1) is 15.0. The van der Waals surface area contributed by atoms with Crippen molar-refractivity contribution in [1.82, 2.24) is 20.2 Å². The van der Waals surface area contributed by atoms with Gasteiger partial charge in [0.2, 0.25) is 5.95 Å². The van der Waals surface area contributed by atoms with E-state index in [1.807, 2.05) is 11.8 Å². The Morgan fingerprint density at radius 3 is 3.00 bits per heavy atom. The number of anilines is 2. The monoisotopic (exact) mass is 289 g/mol. The van der Waals surface area contributed by atoms with Crippen LogP contribution in [0.25, 0.3) is 11.0 Å². The molecule has 2 rings (SSSR count). The number of hydrogen-bond acceptors (Lipinski definition) is 7. The number of methoxy groups -OCH3 is 1. The summed E-state index contributed by atoms with van der Waals surface area (Å²) in [5, 5.41) is 19.7. The summed E-state index contributed by atoms with van der Waals surface area (Å²) < 4.78 is 5.14. The number of aromatic amines is 1. The van der Waals surface area contributed by atoms with E-state index in [1.54, 1.807) is 13.3 Å². The molecular weight excluding hydrogens is 270 g/mol. The molecule has 0 aliphatic carbocycles. The van der Waals surface area contributed by atoms with E-state index >= 15 is 0 Å². The Morgan fingerprint density at radius 2 is 2.29 bits per heavy atom. The smallest absolute Gasteiger partial charge is 0.226 e. The molecule has 112 valence electrons. The van der Waals surface area contributed by atoms with Crippen molar-refractivity contribution in [3.63, 3.8) is 0 Å². The van der Waals surface area contributed by atoms with Gasteiger partial charge in [-0.1, -0.05) is 0 Å². The predicted molar refractivity (Wildman–Crippen MR) is 80.2 cm³/mol. The molecule has 0 aliphatic rings. The predicted octanol–water partition coefficient (Wildman–Crippen LogP) is 1.15. The zero-order chi connectivity index (χ0) is 15.1. The Balaban J connectivity index is 2.38. The fourth-order valence-corrected chi connectivity index (χ4v) is 2.01. The molecule has 0 fully saturated rings. The Bertz CT molecular complexity index is 618. The van der Waals surface area contributed by atoms with Gasteiger partial charge >= 0.3 is 0 Å². The third-order valence-electron chi connectivity index (χ3n) is 2.98. The average Bonchev–Trinajstić information content (AvgIpc) is 2.95. The lowest BCUT2D eigenvalue weighted by molar-refractivity contribution is 0.205. The van der Waals surface area contributed by atoms with Crippen LogP contribution in [0.2, 0.25) is 0 Å². The van der Waals surface area contributed by atoms with E-state index in [4.69, 9.17) is 10.00 Å². The maximum absolute atomic E-state index is 8.83. The highest BCUT2D eigenvalue weighted by Crippen LogP contribution is 2.23. The Kier molecular flexibility index (Phi) is 5.29. The molecule has 2 aromatic rings. The molecule has 2 aromatic heterocycles. The van der Waals surface area contributed by atoms with Gasteiger partial charge < -0.3 is 15.0 Å². The van der Waals surface area contributed by atoms with Gasteiger partial charge in [-0.2, -0.15) is 20.3 Å². The quantitative estimate of drug-likeness (QED) is 0.751. The highest BCUT2D eigenvalue weighted by atomic mass is 16.5. The van der Waals surface area contributed by atoms with Gasteiger partial charge in [-0.05, 0) is 6.92 Å². The molecule has 2 heterocycles. The summed E-state index contributed by atoms with van der Waals surface area (Å²) in [6.45, 7) is 4.52. The Morgan fingerprint density at radius 1 is 1.43 bits per heavy atom. The molecule has 8 nitrogen and oxygen atoms in total. The Hall–Kier alpha value is -2.40. The van der Waals surface area contributed by atoms with Crippen molar-refractivity contribution in [1.29, 1.82) is 5.26 Å². The number of H-pyrrole nitrogens is 1. The first-order valence-corrected chi connectivity index (χ1v) is 6.86. The van der Waals surface area contributed by atoms with E-state index in [1.165, 1.54) is 0 Å². The van der Waals surface area contributed by atoms with Crippen LogP contribution in [-0.2, 0) is 4.74 Å². The van der Waals surface area contributed by atoms with E-state index in [0.29, 0.717) is 37.7 Å². The largest absolute Gasteiger partial charge is 0.383 e. The summed E-state index contributed by atoms with van der Waals surface area (Å²) >= 11 is 0. The van der Waals surface area contributed by atoms with Crippen LogP contribution in [0.4, 0.5) is 11.8 Å². The second kappa shape index (κ2) is 7.40. The van der Waals surface area contributed by atoms with Crippen LogP contribution in [0.5, 0.6) is 0 Å². The first-order valence-electron chi connectivity index (χ1n) is 6.86. The van der Waals surface area contributed by atoms with Crippen LogP contribution in [0.3, 0.4) is 0 Å². The topological polar surface area (TPSA) is 103 Å². The molecule has 0 aromatic carbocycles. The lowest BCUT2D eigenvalue weighted by Gasteiger charge is -2.23. The maximum atomic E-state index is 8.83. The second-order valence-corrected chi connectivity index (χ2v) is 4.42.